The number of carbonyl (C=O) groups excluding carboxylic acids is 1. The van der Waals surface area contributed by atoms with E-state index < -0.39 is 11.4 Å². The molecule has 0 aliphatic rings. The molecule has 0 fully saturated rings. The second kappa shape index (κ2) is 7.98. The number of esters is 1. The molecule has 150 valence electrons. The van der Waals surface area contributed by atoms with E-state index in [1.807, 2.05) is 19.9 Å². The fourth-order valence-electron chi connectivity index (χ4n) is 3.09. The van der Waals surface area contributed by atoms with Crippen molar-refractivity contribution >= 4 is 40.1 Å². The van der Waals surface area contributed by atoms with E-state index in [0.29, 0.717) is 27.1 Å². The average molecular weight is 439 g/mol. The number of hydrogen-bond acceptors (Lipinski definition) is 4. The summed E-state index contributed by atoms with van der Waals surface area (Å²) in [5.41, 5.74) is 2.61. The first kappa shape index (κ1) is 20.2. The highest BCUT2D eigenvalue weighted by atomic mass is 35.5. The van der Waals surface area contributed by atoms with Gasteiger partial charge in [0.2, 0.25) is 11.2 Å². The molecule has 4 nitrogen and oxygen atoms in total. The minimum absolute atomic E-state index is 0.0672. The highest BCUT2D eigenvalue weighted by Crippen LogP contribution is 2.36. The van der Waals surface area contributed by atoms with E-state index in [1.54, 1.807) is 48.5 Å². The molecule has 6 heteroatoms. The molecule has 0 spiro atoms. The maximum absolute atomic E-state index is 13.2. The largest absolute Gasteiger partial charge is 0.452 e. The molecule has 0 atom stereocenters. The Kier molecular flexibility index (Phi) is 5.37. The lowest BCUT2D eigenvalue weighted by Gasteiger charge is -2.12. The van der Waals surface area contributed by atoms with Gasteiger partial charge in [0.1, 0.15) is 5.58 Å². The van der Waals surface area contributed by atoms with Crippen molar-refractivity contribution in [2.75, 3.05) is 0 Å². The average Bonchev–Trinajstić information content (AvgIpc) is 2.72. The van der Waals surface area contributed by atoms with Crippen LogP contribution >= 0.6 is 23.2 Å². The normalized spacial score (nSPS) is 10.9. The predicted octanol–water partition coefficient (Wildman–Crippen LogP) is 6.60. The van der Waals surface area contributed by atoms with Crippen LogP contribution in [0, 0.1) is 13.8 Å². The van der Waals surface area contributed by atoms with Crippen LogP contribution in [0.15, 0.2) is 69.9 Å². The molecular weight excluding hydrogens is 423 g/mol. The Morgan fingerprint density at radius 3 is 2.43 bits per heavy atom. The lowest BCUT2D eigenvalue weighted by atomic mass is 10.1. The van der Waals surface area contributed by atoms with Gasteiger partial charge in [0.05, 0.1) is 16.0 Å². The van der Waals surface area contributed by atoms with Gasteiger partial charge >= 0.3 is 5.97 Å². The molecule has 30 heavy (non-hydrogen) atoms. The third-order valence-corrected chi connectivity index (χ3v) is 5.42. The molecular formula is C24H16Cl2O4. The molecule has 4 aromatic rings. The number of benzene rings is 3. The van der Waals surface area contributed by atoms with E-state index in [4.69, 9.17) is 32.4 Å². The number of aryl methyl sites for hydroxylation is 2. The maximum atomic E-state index is 13.2. The molecule has 0 N–H and O–H groups in total. The second-order valence-electron chi connectivity index (χ2n) is 6.90. The number of ether oxygens (including phenoxy) is 1. The molecule has 0 aliphatic carbocycles. The molecule has 0 bridgehead atoms. The van der Waals surface area contributed by atoms with Crippen LogP contribution in [0.4, 0.5) is 0 Å². The number of rotatable bonds is 3. The summed E-state index contributed by atoms with van der Waals surface area (Å²) in [4.78, 5) is 26.0. The molecule has 0 unspecified atom stereocenters. The van der Waals surface area contributed by atoms with Gasteiger partial charge in [0.25, 0.3) is 0 Å². The van der Waals surface area contributed by atoms with Gasteiger partial charge in [-0.2, -0.15) is 0 Å². The summed E-state index contributed by atoms with van der Waals surface area (Å²) in [6.45, 7) is 3.85. The van der Waals surface area contributed by atoms with Crippen LogP contribution in [0.2, 0.25) is 10.0 Å². The highest BCUT2D eigenvalue weighted by molar-refractivity contribution is 6.36. The zero-order valence-electron chi connectivity index (χ0n) is 16.2. The second-order valence-corrected chi connectivity index (χ2v) is 7.74. The van der Waals surface area contributed by atoms with Gasteiger partial charge in [0, 0.05) is 10.6 Å². The number of fused-ring (bicyclic) bond motifs is 1. The number of para-hydroxylation sites is 1. The summed E-state index contributed by atoms with van der Waals surface area (Å²) < 4.78 is 11.5. The van der Waals surface area contributed by atoms with Crippen molar-refractivity contribution in [1.82, 2.24) is 0 Å². The van der Waals surface area contributed by atoms with Gasteiger partial charge in [-0.15, -0.1) is 0 Å². The Hall–Kier alpha value is -3.08. The van der Waals surface area contributed by atoms with Crippen molar-refractivity contribution in [1.29, 1.82) is 0 Å². The van der Waals surface area contributed by atoms with Gasteiger partial charge < -0.3 is 9.15 Å². The van der Waals surface area contributed by atoms with Crippen molar-refractivity contribution in [2.24, 2.45) is 0 Å². The van der Waals surface area contributed by atoms with Crippen molar-refractivity contribution in [2.45, 2.75) is 13.8 Å². The van der Waals surface area contributed by atoms with Gasteiger partial charge in [-0.25, -0.2) is 4.79 Å². The van der Waals surface area contributed by atoms with Crippen LogP contribution in [-0.4, -0.2) is 5.97 Å². The van der Waals surface area contributed by atoms with Gasteiger partial charge in [-0.05, 0) is 67.4 Å². The summed E-state index contributed by atoms with van der Waals surface area (Å²) >= 11 is 12.3. The number of hydrogen-bond donors (Lipinski definition) is 0. The molecule has 1 aromatic heterocycles. The van der Waals surface area contributed by atoms with E-state index in [9.17, 15) is 9.59 Å². The minimum atomic E-state index is -0.660. The first-order chi connectivity index (χ1) is 14.3. The molecule has 0 saturated heterocycles. The summed E-state index contributed by atoms with van der Waals surface area (Å²) in [6.07, 6.45) is 0. The zero-order chi connectivity index (χ0) is 21.4. The smallest absolute Gasteiger partial charge is 0.343 e. The van der Waals surface area contributed by atoms with Crippen LogP contribution in [0.3, 0.4) is 0 Å². The zero-order valence-corrected chi connectivity index (χ0v) is 17.7. The van der Waals surface area contributed by atoms with E-state index in [2.05, 4.69) is 0 Å². The Bertz CT molecular complexity index is 1360. The SMILES string of the molecule is Cc1ccc(C(=O)Oc2c(-c3ccc(Cl)cc3Cl)oc3ccccc3c2=O)cc1C. The highest BCUT2D eigenvalue weighted by Gasteiger charge is 2.23. The molecule has 3 aromatic carbocycles. The van der Waals surface area contributed by atoms with E-state index in [1.165, 1.54) is 6.07 Å². The van der Waals surface area contributed by atoms with Crippen LogP contribution in [-0.2, 0) is 0 Å². The summed E-state index contributed by atoms with van der Waals surface area (Å²) in [5, 5.41) is 0.999. The maximum Gasteiger partial charge on any atom is 0.343 e. The topological polar surface area (TPSA) is 56.5 Å². The molecule has 0 saturated carbocycles. The van der Waals surface area contributed by atoms with E-state index >= 15 is 0 Å². The van der Waals surface area contributed by atoms with Crippen molar-refractivity contribution < 1.29 is 13.9 Å². The van der Waals surface area contributed by atoms with Crippen LogP contribution < -0.4 is 10.2 Å². The lowest BCUT2D eigenvalue weighted by Crippen LogP contribution is -2.16. The molecule has 4 rings (SSSR count). The lowest BCUT2D eigenvalue weighted by molar-refractivity contribution is 0.0731. The Morgan fingerprint density at radius 2 is 1.70 bits per heavy atom. The van der Waals surface area contributed by atoms with Crippen molar-refractivity contribution in [3.05, 3.63) is 97.6 Å². The summed E-state index contributed by atoms with van der Waals surface area (Å²) in [5.74, 6) is -0.814. The van der Waals surface area contributed by atoms with E-state index in [0.717, 1.165) is 11.1 Å². The summed E-state index contributed by atoms with van der Waals surface area (Å²) in [6, 6.07) is 16.7. The third kappa shape index (κ3) is 3.72. The monoisotopic (exact) mass is 438 g/mol. The first-order valence-corrected chi connectivity index (χ1v) is 9.91. The Balaban J connectivity index is 1.90. The number of carbonyl (C=O) groups is 1. The Morgan fingerprint density at radius 1 is 0.933 bits per heavy atom. The number of halogens is 2. The van der Waals surface area contributed by atoms with Crippen LogP contribution in [0.1, 0.15) is 21.5 Å². The Labute approximate surface area is 182 Å². The fourth-order valence-corrected chi connectivity index (χ4v) is 3.58. The van der Waals surface area contributed by atoms with Crippen LogP contribution in [0.5, 0.6) is 5.75 Å². The molecule has 0 aliphatic heterocycles. The quantitative estimate of drug-likeness (QED) is 0.338. The molecule has 1 heterocycles. The first-order valence-electron chi connectivity index (χ1n) is 9.16. The standard InChI is InChI=1S/C24H16Cl2O4/c1-13-7-8-15(11-14(13)2)24(28)30-23-21(27)18-5-3-4-6-20(18)29-22(23)17-10-9-16(25)12-19(17)26/h3-12H,1-2H3. The molecule has 0 amide bonds. The third-order valence-electron chi connectivity index (χ3n) is 4.87. The van der Waals surface area contributed by atoms with Gasteiger partial charge in [-0.3, -0.25) is 4.79 Å². The van der Waals surface area contributed by atoms with Gasteiger partial charge in [-0.1, -0.05) is 41.4 Å². The molecule has 0 radical (unpaired) electrons. The summed E-state index contributed by atoms with van der Waals surface area (Å²) in [7, 11) is 0. The fraction of sp³-hybridized carbons (Fsp3) is 0.0833. The minimum Gasteiger partial charge on any atom is -0.452 e. The van der Waals surface area contributed by atoms with Gasteiger partial charge in [0.15, 0.2) is 5.76 Å². The van der Waals surface area contributed by atoms with Crippen molar-refractivity contribution in [3.63, 3.8) is 0 Å². The van der Waals surface area contributed by atoms with Crippen molar-refractivity contribution in [3.8, 4) is 17.1 Å². The predicted molar refractivity (Wildman–Crippen MR) is 119 cm³/mol. The van der Waals surface area contributed by atoms with Crippen LogP contribution in [0.25, 0.3) is 22.3 Å². The van der Waals surface area contributed by atoms with E-state index in [-0.39, 0.29) is 16.5 Å².